The Morgan fingerprint density at radius 3 is 2.31 bits per heavy atom. The summed E-state index contributed by atoms with van der Waals surface area (Å²) in [6.45, 7) is 10.2. The summed E-state index contributed by atoms with van der Waals surface area (Å²) < 4.78 is 0. The molecule has 1 saturated heterocycles. The fourth-order valence-electron chi connectivity index (χ4n) is 5.22. The maximum absolute atomic E-state index is 13.2. The van der Waals surface area contributed by atoms with Gasteiger partial charge < -0.3 is 20.6 Å². The number of fused-ring (bicyclic) bond motifs is 1. The van der Waals surface area contributed by atoms with Crippen LogP contribution in [0.15, 0.2) is 66.7 Å². The van der Waals surface area contributed by atoms with Crippen molar-refractivity contribution in [2.24, 2.45) is 0 Å². The van der Waals surface area contributed by atoms with Crippen LogP contribution in [-0.4, -0.2) is 78.6 Å². The van der Waals surface area contributed by atoms with E-state index in [9.17, 15) is 19.5 Å². The van der Waals surface area contributed by atoms with Gasteiger partial charge in [-0.05, 0) is 61.0 Å². The quantitative estimate of drug-likeness (QED) is 0.165. The molecule has 2 aliphatic heterocycles. The minimum Gasteiger partial charge on any atom is -0.478 e. The molecule has 0 unspecified atom stereocenters. The largest absolute Gasteiger partial charge is 0.478 e. The predicted octanol–water partition coefficient (Wildman–Crippen LogP) is 3.92. The molecule has 4 N–H and O–H groups in total. The number of hydrogen-bond acceptors (Lipinski definition) is 7. The van der Waals surface area contributed by atoms with E-state index in [1.165, 1.54) is 6.07 Å². The van der Waals surface area contributed by atoms with Crippen molar-refractivity contribution < 1.29 is 24.3 Å². The number of carboxylic acid groups (broad SMARTS) is 1. The number of nitrogens with one attached hydrogen (secondary N) is 3. The molecule has 10 nitrogen and oxygen atoms in total. The fourth-order valence-corrected chi connectivity index (χ4v) is 5.22. The van der Waals surface area contributed by atoms with Gasteiger partial charge in [0.15, 0.2) is 0 Å². The summed E-state index contributed by atoms with van der Waals surface area (Å²) in [5.41, 5.74) is 7.14. The molecular formula is C32H35N5O5. The van der Waals surface area contributed by atoms with Gasteiger partial charge >= 0.3 is 5.97 Å². The van der Waals surface area contributed by atoms with E-state index in [0.29, 0.717) is 45.9 Å². The Morgan fingerprint density at radius 2 is 1.64 bits per heavy atom. The highest BCUT2D eigenvalue weighted by atomic mass is 16.7. The van der Waals surface area contributed by atoms with Crippen molar-refractivity contribution in [3.63, 3.8) is 0 Å². The van der Waals surface area contributed by atoms with Crippen LogP contribution in [0.4, 0.5) is 11.4 Å². The number of nitrogens with zero attached hydrogens (tertiary/aromatic N) is 2. The molecule has 2 aliphatic rings. The van der Waals surface area contributed by atoms with E-state index in [1.807, 2.05) is 30.3 Å². The van der Waals surface area contributed by atoms with Crippen molar-refractivity contribution in [1.29, 1.82) is 0 Å². The summed E-state index contributed by atoms with van der Waals surface area (Å²) in [6.07, 6.45) is 0. The first-order valence-corrected chi connectivity index (χ1v) is 14.1. The van der Waals surface area contributed by atoms with Crippen LogP contribution in [0.2, 0.25) is 0 Å². The average Bonchev–Trinajstić information content (AvgIpc) is 3.32. The van der Waals surface area contributed by atoms with Gasteiger partial charge in [0.05, 0.1) is 29.1 Å². The molecule has 0 aliphatic carbocycles. The number of carbonyl (C=O) groups excluding carboxylic acids is 2. The zero-order valence-electron chi connectivity index (χ0n) is 23.8. The van der Waals surface area contributed by atoms with Gasteiger partial charge in [-0.15, -0.1) is 0 Å². The van der Waals surface area contributed by atoms with Gasteiger partial charge in [-0.1, -0.05) is 37.3 Å². The van der Waals surface area contributed by atoms with Gasteiger partial charge in [-0.3, -0.25) is 19.3 Å². The first-order chi connectivity index (χ1) is 20.3. The second kappa shape index (κ2) is 13.0. The van der Waals surface area contributed by atoms with E-state index < -0.39 is 5.97 Å². The number of aryl methyl sites for hydroxylation is 1. The van der Waals surface area contributed by atoms with Crippen molar-refractivity contribution in [3.05, 3.63) is 94.5 Å². The van der Waals surface area contributed by atoms with Crippen LogP contribution in [0.1, 0.15) is 44.3 Å². The highest BCUT2D eigenvalue weighted by Crippen LogP contribution is 2.39. The molecule has 0 aromatic heterocycles. The van der Waals surface area contributed by atoms with E-state index in [4.69, 9.17) is 4.84 Å². The number of benzene rings is 3. The predicted molar refractivity (Wildman–Crippen MR) is 162 cm³/mol. The summed E-state index contributed by atoms with van der Waals surface area (Å²) in [5.74, 6) is -1.73. The number of carboxylic acids is 1. The van der Waals surface area contributed by atoms with Crippen molar-refractivity contribution in [2.45, 2.75) is 13.8 Å². The summed E-state index contributed by atoms with van der Waals surface area (Å²) in [6, 6.07) is 19.5. The molecule has 218 valence electrons. The Labute approximate surface area is 244 Å². The summed E-state index contributed by atoms with van der Waals surface area (Å²) in [7, 11) is 0. The molecule has 2 amide bonds. The van der Waals surface area contributed by atoms with Gasteiger partial charge in [0.2, 0.25) is 0 Å². The van der Waals surface area contributed by atoms with Crippen molar-refractivity contribution in [3.8, 4) is 0 Å². The Bertz CT molecular complexity index is 1500. The fraction of sp³-hybridized carbons (Fsp3) is 0.281. The lowest BCUT2D eigenvalue weighted by Crippen LogP contribution is -2.47. The van der Waals surface area contributed by atoms with Gasteiger partial charge in [0.1, 0.15) is 0 Å². The van der Waals surface area contributed by atoms with Crippen LogP contribution >= 0.6 is 0 Å². The lowest BCUT2D eigenvalue weighted by molar-refractivity contribution is -0.110. The number of hydrogen-bond donors (Lipinski definition) is 4. The van der Waals surface area contributed by atoms with Crippen LogP contribution in [-0.2, 0) is 9.63 Å². The van der Waals surface area contributed by atoms with E-state index >= 15 is 0 Å². The molecule has 1 fully saturated rings. The third-order valence-corrected chi connectivity index (χ3v) is 7.65. The Kier molecular flexibility index (Phi) is 8.97. The Hall–Kier alpha value is -4.51. The average molecular weight is 570 g/mol. The minimum absolute atomic E-state index is 0.136. The third kappa shape index (κ3) is 6.52. The van der Waals surface area contributed by atoms with Gasteiger partial charge in [-0.2, -0.15) is 0 Å². The molecule has 0 radical (unpaired) electrons. The standard InChI is InChI=1S/C32H35N5O5/c1-3-36-13-15-37(16-14-36)17-18-42-35-30(38)23-9-11-24(12-10-23)33-29(22-7-5-4-6-8-22)28-26-19-21(2)25(32(40)41)20-27(26)34-31(28)39/h4-12,19-20,33H,3,13-18H2,1-2H3,(H,34,39)(H,35,38)(H,40,41)/b29-28-. The van der Waals surface area contributed by atoms with Gasteiger partial charge in [-0.25, -0.2) is 10.3 Å². The number of aromatic carboxylic acids is 1. The molecule has 0 bridgehead atoms. The van der Waals surface area contributed by atoms with Crippen LogP contribution < -0.4 is 16.1 Å². The molecule has 0 atom stereocenters. The monoisotopic (exact) mass is 569 g/mol. The Morgan fingerprint density at radius 1 is 0.952 bits per heavy atom. The van der Waals surface area contributed by atoms with Crippen molar-refractivity contribution in [1.82, 2.24) is 15.3 Å². The van der Waals surface area contributed by atoms with E-state index in [1.54, 1.807) is 37.3 Å². The number of rotatable bonds is 10. The van der Waals surface area contributed by atoms with Crippen molar-refractivity contribution >= 4 is 40.4 Å². The number of likely N-dealkylation sites (N-methyl/N-ethyl adjacent to an activating group) is 1. The zero-order valence-corrected chi connectivity index (χ0v) is 23.8. The second-order valence-corrected chi connectivity index (χ2v) is 10.3. The number of piperazine rings is 1. The molecule has 0 saturated carbocycles. The SMILES string of the molecule is CCN1CCN(CCONC(=O)c2ccc(N/C(=C3\C(=O)Nc4cc(C(=O)O)c(C)cc43)c3ccccc3)cc2)CC1. The van der Waals surface area contributed by atoms with Crippen LogP contribution in [0.25, 0.3) is 11.3 Å². The molecular weight excluding hydrogens is 534 g/mol. The molecule has 10 heteroatoms. The summed E-state index contributed by atoms with van der Waals surface area (Å²) in [5, 5.41) is 15.7. The number of hydroxylamine groups is 1. The van der Waals surface area contributed by atoms with E-state index in [2.05, 4.69) is 32.8 Å². The van der Waals surface area contributed by atoms with Crippen molar-refractivity contribution in [2.75, 3.05) is 56.5 Å². The lowest BCUT2D eigenvalue weighted by Gasteiger charge is -2.33. The number of anilines is 2. The lowest BCUT2D eigenvalue weighted by atomic mass is 9.96. The first kappa shape index (κ1) is 29.0. The van der Waals surface area contributed by atoms with Crippen LogP contribution in [0.5, 0.6) is 0 Å². The highest BCUT2D eigenvalue weighted by Gasteiger charge is 2.30. The van der Waals surface area contributed by atoms with E-state index in [-0.39, 0.29) is 17.4 Å². The second-order valence-electron chi connectivity index (χ2n) is 10.3. The van der Waals surface area contributed by atoms with E-state index in [0.717, 1.165) is 44.8 Å². The minimum atomic E-state index is -1.05. The molecule has 2 heterocycles. The molecule has 5 rings (SSSR count). The molecule has 42 heavy (non-hydrogen) atoms. The summed E-state index contributed by atoms with van der Waals surface area (Å²) >= 11 is 0. The maximum atomic E-state index is 13.2. The van der Waals surface area contributed by atoms with Gasteiger partial charge in [0, 0.05) is 49.5 Å². The van der Waals surface area contributed by atoms with Gasteiger partial charge in [0.25, 0.3) is 11.8 Å². The maximum Gasteiger partial charge on any atom is 0.336 e. The molecule has 3 aromatic carbocycles. The smallest absolute Gasteiger partial charge is 0.336 e. The normalized spacial score (nSPS) is 16.5. The topological polar surface area (TPSA) is 123 Å². The number of carbonyl (C=O) groups is 3. The Balaban J connectivity index is 1.29. The third-order valence-electron chi connectivity index (χ3n) is 7.65. The van der Waals surface area contributed by atoms with Crippen LogP contribution in [0.3, 0.4) is 0 Å². The first-order valence-electron chi connectivity index (χ1n) is 14.1. The molecule has 3 aromatic rings. The molecule has 0 spiro atoms. The van der Waals surface area contributed by atoms with Crippen LogP contribution in [0, 0.1) is 6.92 Å². The zero-order chi connectivity index (χ0) is 29.6. The highest BCUT2D eigenvalue weighted by molar-refractivity contribution is 6.37. The number of amides is 2. The summed E-state index contributed by atoms with van der Waals surface area (Å²) in [4.78, 5) is 47.7.